The number of ketones is 1. The molecule has 0 aromatic carbocycles. The third kappa shape index (κ3) is 6.36. The Kier molecular flexibility index (Phi) is 10.1. The summed E-state index contributed by atoms with van der Waals surface area (Å²) in [6.07, 6.45) is 9.43. The van der Waals surface area contributed by atoms with E-state index in [-0.39, 0.29) is 11.4 Å². The number of methoxy groups -OCH3 is 1. The Morgan fingerprint density at radius 1 is 1.07 bits per heavy atom. The number of Topliss-reactive ketones (excluding diaryl/α,β-unsaturated/α-hetero) is 1. The molecule has 1 atom stereocenters. The van der Waals surface area contributed by atoms with Gasteiger partial charge >= 0.3 is 170 Å². The summed E-state index contributed by atoms with van der Waals surface area (Å²) in [5.74, 6) is -0.507. The first-order valence-corrected chi connectivity index (χ1v) is 18.2. The summed E-state index contributed by atoms with van der Waals surface area (Å²) in [6, 6.07) is 0. The summed E-state index contributed by atoms with van der Waals surface area (Å²) in [7, 11) is 1.29. The van der Waals surface area contributed by atoms with Crippen molar-refractivity contribution in [3.05, 3.63) is 21.5 Å². The number of ether oxygens (including phenoxy) is 2. The molecule has 0 saturated carbocycles. The van der Waals surface area contributed by atoms with E-state index in [0.717, 1.165) is 0 Å². The molecule has 4 nitrogen and oxygen atoms in total. The first kappa shape index (κ1) is 24.3. The predicted molar refractivity (Wildman–Crippen MR) is 113 cm³/mol. The van der Waals surface area contributed by atoms with Crippen LogP contribution in [-0.2, 0) is 19.1 Å². The van der Waals surface area contributed by atoms with E-state index in [2.05, 4.69) is 24.9 Å². The number of esters is 1. The third-order valence-electron chi connectivity index (χ3n) is 5.62. The monoisotopic (exact) mass is 486 g/mol. The summed E-state index contributed by atoms with van der Waals surface area (Å²) in [5.41, 5.74) is -1.01. The number of unbranched alkanes of at least 4 members (excludes halogenated alkanes) is 3. The molecule has 0 aromatic rings. The van der Waals surface area contributed by atoms with Crippen molar-refractivity contribution in [2.75, 3.05) is 7.11 Å². The summed E-state index contributed by atoms with van der Waals surface area (Å²) in [6.45, 7) is 10.2. The molecule has 0 N–H and O–H groups in total. The molecule has 1 aliphatic rings. The normalized spacial score (nSPS) is 20.4. The van der Waals surface area contributed by atoms with Crippen LogP contribution in [0.25, 0.3) is 0 Å². The number of hydrogen-bond acceptors (Lipinski definition) is 4. The van der Waals surface area contributed by atoms with Crippen molar-refractivity contribution >= 4 is 30.1 Å². The molecule has 0 radical (unpaired) electrons. The maximum absolute atomic E-state index is 12.9. The second-order valence-corrected chi connectivity index (χ2v) is 21.0. The third-order valence-corrected chi connectivity index (χ3v) is 19.7. The Hall–Kier alpha value is -0.781. The van der Waals surface area contributed by atoms with Crippen molar-refractivity contribution in [1.82, 2.24) is 0 Å². The van der Waals surface area contributed by atoms with E-state index in [1.165, 1.54) is 58.9 Å². The van der Waals surface area contributed by atoms with E-state index in [1.54, 1.807) is 13.8 Å². The molecule has 0 fully saturated rings. The van der Waals surface area contributed by atoms with Crippen molar-refractivity contribution in [2.45, 2.75) is 92.1 Å². The average molecular weight is 485 g/mol. The van der Waals surface area contributed by atoms with Crippen LogP contribution >= 0.6 is 0 Å². The minimum absolute atomic E-state index is 0.0566. The van der Waals surface area contributed by atoms with Gasteiger partial charge in [-0.25, -0.2) is 0 Å². The van der Waals surface area contributed by atoms with Crippen molar-refractivity contribution < 1.29 is 19.1 Å². The zero-order chi connectivity index (χ0) is 20.5. The van der Waals surface area contributed by atoms with Gasteiger partial charge in [-0.15, -0.1) is 0 Å². The average Bonchev–Trinajstić information content (AvgIpc) is 2.89. The molecule has 0 aromatic heterocycles. The fraction of sp³-hybridized carbons (Fsp3) is 0.727. The van der Waals surface area contributed by atoms with Crippen molar-refractivity contribution in [3.63, 3.8) is 0 Å². The molecule has 154 valence electrons. The molecular weight excluding hydrogens is 447 g/mol. The van der Waals surface area contributed by atoms with Crippen LogP contribution in [-0.4, -0.2) is 42.8 Å². The zero-order valence-corrected chi connectivity index (χ0v) is 21.0. The molecule has 1 aliphatic heterocycles. The van der Waals surface area contributed by atoms with Gasteiger partial charge in [-0.05, 0) is 0 Å². The fourth-order valence-electron chi connectivity index (χ4n) is 3.82. The quantitative estimate of drug-likeness (QED) is 0.201. The molecule has 0 amide bonds. The van der Waals surface area contributed by atoms with E-state index in [0.29, 0.717) is 5.76 Å². The van der Waals surface area contributed by atoms with Gasteiger partial charge in [0, 0.05) is 0 Å². The molecule has 0 spiro atoms. The molecule has 27 heavy (non-hydrogen) atoms. The van der Waals surface area contributed by atoms with Crippen molar-refractivity contribution in [1.29, 1.82) is 0 Å². The van der Waals surface area contributed by atoms with E-state index in [4.69, 9.17) is 9.47 Å². The van der Waals surface area contributed by atoms with Crippen LogP contribution in [0.3, 0.4) is 0 Å². The molecule has 0 unspecified atom stereocenters. The Morgan fingerprint density at radius 3 is 1.96 bits per heavy atom. The Bertz CT molecular complexity index is 557. The van der Waals surface area contributed by atoms with Crippen molar-refractivity contribution in [3.8, 4) is 0 Å². The number of carbonyl (C=O) groups excluding carboxylic acids is 2. The number of rotatable bonds is 12. The minimum atomic E-state index is -2.51. The number of carbonyl (C=O) groups is 2. The molecular formula is C22H38O4Sn. The summed E-state index contributed by atoms with van der Waals surface area (Å²) in [5, 5.41) is 0. The Labute approximate surface area is 169 Å². The summed E-state index contributed by atoms with van der Waals surface area (Å²) >= 11 is -2.51. The van der Waals surface area contributed by atoms with E-state index in [1.807, 2.05) is 6.08 Å². The van der Waals surface area contributed by atoms with Crippen molar-refractivity contribution in [2.24, 2.45) is 0 Å². The predicted octanol–water partition coefficient (Wildman–Crippen LogP) is 5.74. The van der Waals surface area contributed by atoms with Gasteiger partial charge in [-0.2, -0.15) is 0 Å². The van der Waals surface area contributed by atoms with Crippen LogP contribution in [0, 0.1) is 0 Å². The zero-order valence-electron chi connectivity index (χ0n) is 18.2. The number of allylic oxidation sites excluding steroid dienone is 1. The number of hydrogen-bond donors (Lipinski definition) is 0. The molecule has 1 heterocycles. The fourth-order valence-corrected chi connectivity index (χ4v) is 18.4. The van der Waals surface area contributed by atoms with Gasteiger partial charge in [0.05, 0.1) is 0 Å². The topological polar surface area (TPSA) is 52.6 Å². The van der Waals surface area contributed by atoms with Gasteiger partial charge in [-0.3, -0.25) is 0 Å². The van der Waals surface area contributed by atoms with Gasteiger partial charge in [0.15, 0.2) is 0 Å². The van der Waals surface area contributed by atoms with E-state index in [9.17, 15) is 9.59 Å². The Morgan fingerprint density at radius 2 is 1.56 bits per heavy atom. The van der Waals surface area contributed by atoms with E-state index < -0.39 is 29.9 Å². The molecule has 0 saturated heterocycles. The second-order valence-electron chi connectivity index (χ2n) is 7.97. The van der Waals surface area contributed by atoms with Gasteiger partial charge in [0.25, 0.3) is 0 Å². The van der Waals surface area contributed by atoms with Crippen LogP contribution in [0.2, 0.25) is 13.3 Å². The van der Waals surface area contributed by atoms with Gasteiger partial charge in [0.1, 0.15) is 0 Å². The second kappa shape index (κ2) is 11.3. The van der Waals surface area contributed by atoms with Gasteiger partial charge in [0.2, 0.25) is 0 Å². The van der Waals surface area contributed by atoms with Crippen LogP contribution in [0.5, 0.6) is 0 Å². The molecule has 5 heteroatoms. The van der Waals surface area contributed by atoms with Gasteiger partial charge < -0.3 is 0 Å². The van der Waals surface area contributed by atoms with E-state index >= 15 is 0 Å². The molecule has 0 aliphatic carbocycles. The molecule has 1 rings (SSSR count). The van der Waals surface area contributed by atoms with Crippen LogP contribution in [0.15, 0.2) is 21.5 Å². The van der Waals surface area contributed by atoms with Crippen LogP contribution < -0.4 is 0 Å². The van der Waals surface area contributed by atoms with Crippen LogP contribution in [0.4, 0.5) is 0 Å². The standard InChI is InChI=1S/C10H11O4.3C4H9.Sn/c1-5-10(3)8(11)7(6(2)14-10)9(12)13-4;3*1-3-4-2;/h1,5H,2-4H3;3*1,3-4H2,2H3;/t10-;;;;/m1..../s1. The summed E-state index contributed by atoms with van der Waals surface area (Å²) < 4.78 is 17.1. The van der Waals surface area contributed by atoms with Crippen LogP contribution in [0.1, 0.15) is 73.1 Å². The first-order chi connectivity index (χ1) is 12.8. The molecule has 0 bridgehead atoms. The summed E-state index contributed by atoms with van der Waals surface area (Å²) in [4.78, 5) is 24.8. The first-order valence-electron chi connectivity index (χ1n) is 10.5. The SMILES string of the molecule is CCC[CH2][Sn](/[CH]=C/[C@@]1(C)OC(C)=C(C(=O)OC)C1=O)([CH2]CCC)[CH2]CCC. The Balaban J connectivity index is 3.13. The van der Waals surface area contributed by atoms with Gasteiger partial charge in [-0.1, -0.05) is 0 Å². The maximum atomic E-state index is 12.9.